The van der Waals surface area contributed by atoms with Crippen LogP contribution in [0.15, 0.2) is 12.5 Å². The van der Waals surface area contributed by atoms with Gasteiger partial charge in [-0.1, -0.05) is 13.3 Å². The lowest BCUT2D eigenvalue weighted by Crippen LogP contribution is -2.29. The molecule has 0 spiro atoms. The summed E-state index contributed by atoms with van der Waals surface area (Å²) < 4.78 is 10.6. The minimum atomic E-state index is -0.911. The molecule has 2 atom stereocenters. The van der Waals surface area contributed by atoms with E-state index in [1.807, 2.05) is 0 Å². The molecule has 1 aromatic rings. The van der Waals surface area contributed by atoms with Gasteiger partial charge in [0.15, 0.2) is 5.78 Å². The van der Waals surface area contributed by atoms with Gasteiger partial charge in [0.05, 0.1) is 32.2 Å². The van der Waals surface area contributed by atoms with Crippen molar-refractivity contribution in [2.45, 2.75) is 84.1 Å². The van der Waals surface area contributed by atoms with Crippen molar-refractivity contribution in [1.82, 2.24) is 26.3 Å². The fraction of sp³-hybridized carbons (Fsp3) is 0.714. The summed E-state index contributed by atoms with van der Waals surface area (Å²) in [6.07, 6.45) is 7.40. The molecule has 0 unspecified atom stereocenters. The summed E-state index contributed by atoms with van der Waals surface area (Å²) in [6.45, 7) is 5.04. The summed E-state index contributed by atoms with van der Waals surface area (Å²) in [6, 6.07) is -0.911. The molecule has 0 aromatic carbocycles. The fourth-order valence-electron chi connectivity index (χ4n) is 3.97. The molecule has 40 heavy (non-hydrogen) atoms. The number of carbonyl (C=O) groups excluding carboxylic acids is 5. The Morgan fingerprint density at radius 2 is 1.65 bits per heavy atom. The van der Waals surface area contributed by atoms with Gasteiger partial charge in [-0.25, -0.2) is 10.7 Å². The van der Waals surface area contributed by atoms with Gasteiger partial charge in [0.25, 0.3) is 0 Å². The minimum absolute atomic E-state index is 0.0297. The molecule has 0 saturated heterocycles. The molecular weight excluding hydrogens is 518 g/mol. The van der Waals surface area contributed by atoms with Gasteiger partial charge in [-0.2, -0.15) is 0 Å². The second-order valence-electron chi connectivity index (χ2n) is 9.77. The predicted molar refractivity (Wildman–Crippen MR) is 148 cm³/mol. The number of carbonyl (C=O) groups is 5. The van der Waals surface area contributed by atoms with Crippen molar-refractivity contribution in [3.05, 3.63) is 18.2 Å². The number of imidazole rings is 1. The van der Waals surface area contributed by atoms with Crippen LogP contribution >= 0.6 is 0 Å². The number of aromatic amines is 1. The molecule has 1 radical (unpaired) electrons. The average Bonchev–Trinajstić information content (AvgIpc) is 3.43. The molecule has 0 bridgehead atoms. The van der Waals surface area contributed by atoms with Gasteiger partial charge in [0, 0.05) is 63.0 Å². The summed E-state index contributed by atoms with van der Waals surface area (Å²) in [5.41, 5.74) is 8.85. The van der Waals surface area contributed by atoms with Crippen LogP contribution in [0.4, 0.5) is 0 Å². The van der Waals surface area contributed by atoms with Gasteiger partial charge in [0.1, 0.15) is 18.2 Å². The number of aromatic nitrogens is 2. The summed E-state index contributed by atoms with van der Waals surface area (Å²) in [7, 11) is 0. The van der Waals surface area contributed by atoms with E-state index in [1.54, 1.807) is 13.1 Å². The first-order valence-corrected chi connectivity index (χ1v) is 14.1. The Morgan fingerprint density at radius 1 is 0.900 bits per heavy atom. The number of Topliss-reactive ketones (excluding diaryl/α,β-unsaturated/α-hetero) is 3. The highest BCUT2D eigenvalue weighted by Gasteiger charge is 2.22. The molecule has 0 aliphatic rings. The highest BCUT2D eigenvalue weighted by molar-refractivity contribution is 5.86. The SMILES string of the molecule is CCC(=O)NCCOCCOCC(=O)NCCCC[C@H](CCC(=O)[C@@H]([NH])Cc1cnc[nH]1)C(=O)CCCC(C)=O. The molecule has 12 heteroatoms. The third-order valence-corrected chi connectivity index (χ3v) is 6.31. The zero-order valence-corrected chi connectivity index (χ0v) is 23.9. The van der Waals surface area contributed by atoms with Crippen molar-refractivity contribution >= 4 is 29.2 Å². The van der Waals surface area contributed by atoms with Gasteiger partial charge in [0.2, 0.25) is 11.8 Å². The van der Waals surface area contributed by atoms with Crippen LogP contribution in [0.2, 0.25) is 0 Å². The Hall–Kier alpha value is -2.96. The average molecular weight is 565 g/mol. The van der Waals surface area contributed by atoms with E-state index in [0.29, 0.717) is 77.7 Å². The third kappa shape index (κ3) is 17.6. The van der Waals surface area contributed by atoms with Crippen LogP contribution in [-0.2, 0) is 39.9 Å². The number of hydrogen-bond acceptors (Lipinski definition) is 8. The molecule has 12 nitrogen and oxygen atoms in total. The van der Waals surface area contributed by atoms with Crippen LogP contribution < -0.4 is 16.4 Å². The zero-order chi connectivity index (χ0) is 29.6. The normalized spacial score (nSPS) is 12.5. The van der Waals surface area contributed by atoms with E-state index < -0.39 is 6.04 Å². The molecular formula is C28H46N5O7. The second-order valence-corrected chi connectivity index (χ2v) is 9.77. The number of amides is 2. The van der Waals surface area contributed by atoms with Crippen molar-refractivity contribution < 1.29 is 33.4 Å². The van der Waals surface area contributed by atoms with Crippen molar-refractivity contribution in [2.24, 2.45) is 5.92 Å². The Labute approximate surface area is 236 Å². The number of hydrogen-bond donors (Lipinski definition) is 3. The van der Waals surface area contributed by atoms with E-state index in [1.165, 1.54) is 13.3 Å². The molecule has 0 saturated carbocycles. The summed E-state index contributed by atoms with van der Waals surface area (Å²) in [4.78, 5) is 66.4. The fourth-order valence-corrected chi connectivity index (χ4v) is 3.97. The van der Waals surface area contributed by atoms with Gasteiger partial charge in [-0.3, -0.25) is 19.2 Å². The molecule has 2 amide bonds. The van der Waals surface area contributed by atoms with Crippen LogP contribution in [0.1, 0.15) is 77.3 Å². The van der Waals surface area contributed by atoms with E-state index in [2.05, 4.69) is 20.6 Å². The van der Waals surface area contributed by atoms with Crippen molar-refractivity contribution in [3.8, 4) is 0 Å². The van der Waals surface area contributed by atoms with E-state index in [9.17, 15) is 24.0 Å². The van der Waals surface area contributed by atoms with E-state index >= 15 is 0 Å². The van der Waals surface area contributed by atoms with Crippen LogP contribution in [0.25, 0.3) is 0 Å². The van der Waals surface area contributed by atoms with Crippen LogP contribution in [0.3, 0.4) is 0 Å². The lowest BCUT2D eigenvalue weighted by atomic mass is 9.88. The number of nitrogens with zero attached hydrogens (tertiary/aromatic N) is 1. The molecule has 0 fully saturated rings. The van der Waals surface area contributed by atoms with Crippen LogP contribution in [0.5, 0.6) is 0 Å². The van der Waals surface area contributed by atoms with Crippen molar-refractivity contribution in [1.29, 1.82) is 0 Å². The monoisotopic (exact) mass is 564 g/mol. The Bertz CT molecular complexity index is 892. The summed E-state index contributed by atoms with van der Waals surface area (Å²) >= 11 is 0. The first-order valence-electron chi connectivity index (χ1n) is 14.1. The van der Waals surface area contributed by atoms with E-state index in [-0.39, 0.29) is 61.1 Å². The zero-order valence-electron chi connectivity index (χ0n) is 23.9. The number of nitrogens with one attached hydrogen (secondary N) is 4. The largest absolute Gasteiger partial charge is 0.377 e. The molecule has 1 aromatic heterocycles. The number of ether oxygens (including phenoxy) is 2. The van der Waals surface area contributed by atoms with Crippen LogP contribution in [-0.4, -0.2) is 84.7 Å². The maximum atomic E-state index is 12.8. The quantitative estimate of drug-likeness (QED) is 0.150. The van der Waals surface area contributed by atoms with E-state index in [4.69, 9.17) is 15.2 Å². The van der Waals surface area contributed by atoms with E-state index in [0.717, 1.165) is 5.69 Å². The maximum Gasteiger partial charge on any atom is 0.245 e. The first-order chi connectivity index (χ1) is 19.2. The van der Waals surface area contributed by atoms with Crippen LogP contribution in [0, 0.1) is 5.92 Å². The van der Waals surface area contributed by atoms with Gasteiger partial charge < -0.3 is 29.9 Å². The number of unbranched alkanes of at least 4 members (excludes halogenated alkanes) is 1. The first kappa shape index (κ1) is 35.1. The molecule has 1 heterocycles. The minimum Gasteiger partial charge on any atom is -0.377 e. The smallest absolute Gasteiger partial charge is 0.245 e. The molecule has 0 aliphatic carbocycles. The molecule has 0 aliphatic heterocycles. The molecule has 4 N–H and O–H groups in total. The number of H-pyrrole nitrogens is 1. The lowest BCUT2D eigenvalue weighted by molar-refractivity contribution is -0.127. The molecule has 1 rings (SSSR count). The number of ketones is 3. The van der Waals surface area contributed by atoms with Crippen molar-refractivity contribution in [2.75, 3.05) is 39.5 Å². The topological polar surface area (TPSA) is 180 Å². The lowest BCUT2D eigenvalue weighted by Gasteiger charge is -2.17. The Morgan fingerprint density at radius 3 is 2.35 bits per heavy atom. The highest BCUT2D eigenvalue weighted by atomic mass is 16.5. The Kier molecular flexibility index (Phi) is 19.1. The summed E-state index contributed by atoms with van der Waals surface area (Å²) in [5, 5.41) is 5.49. The van der Waals surface area contributed by atoms with Gasteiger partial charge in [-0.05, 0) is 32.6 Å². The third-order valence-electron chi connectivity index (χ3n) is 6.31. The standard InChI is InChI=1S/C28H46N5O7/c1-3-27(37)32-13-14-39-15-16-40-19-28(38)31-12-5-4-8-22(25(35)9-6-7-21(2)34)10-11-26(36)24(29)17-23-18-30-20-33-23/h18,20,22,24,29H,3-17,19H2,1-2H3,(H,30,33)(H,31,38)(H,32,37)/t22-,24+/m1/s1. The second kappa shape index (κ2) is 21.8. The highest BCUT2D eigenvalue weighted by Crippen LogP contribution is 2.20. The molecule has 225 valence electrons. The summed E-state index contributed by atoms with van der Waals surface area (Å²) in [5.74, 6) is -0.715. The van der Waals surface area contributed by atoms with Gasteiger partial charge in [-0.15, -0.1) is 0 Å². The maximum absolute atomic E-state index is 12.8. The predicted octanol–water partition coefficient (Wildman–Crippen LogP) is 1.74. The number of rotatable bonds is 25. The Balaban J connectivity index is 2.28. The van der Waals surface area contributed by atoms with Gasteiger partial charge >= 0.3 is 0 Å². The van der Waals surface area contributed by atoms with Crippen molar-refractivity contribution in [3.63, 3.8) is 0 Å².